The number of carboxylic acid groups (broad SMARTS) is 1. The molecule has 0 saturated carbocycles. The van der Waals surface area contributed by atoms with E-state index in [9.17, 15) is 23.1 Å². The van der Waals surface area contributed by atoms with Crippen molar-refractivity contribution in [1.82, 2.24) is 9.88 Å². The van der Waals surface area contributed by atoms with E-state index in [4.69, 9.17) is 9.63 Å². The molecular formula is C19H15N2O7S-. The number of aromatic nitrogens is 1. The van der Waals surface area contributed by atoms with Crippen LogP contribution in [0.25, 0.3) is 22.4 Å². The molecule has 10 heteroatoms. The average molecular weight is 415 g/mol. The van der Waals surface area contributed by atoms with Gasteiger partial charge in [0.05, 0.1) is 16.4 Å². The summed E-state index contributed by atoms with van der Waals surface area (Å²) in [5, 5.41) is 23.6. The number of rotatable bonds is 6. The molecule has 0 radical (unpaired) electrons. The first-order valence-corrected chi connectivity index (χ1v) is 9.77. The number of nitrogens with one attached hydrogen (secondary N) is 1. The van der Waals surface area contributed by atoms with Crippen LogP contribution < -0.4 is 9.83 Å². The van der Waals surface area contributed by atoms with Gasteiger partial charge in [0.25, 0.3) is 15.9 Å². The van der Waals surface area contributed by atoms with Gasteiger partial charge in [0, 0.05) is 5.56 Å². The Morgan fingerprint density at radius 3 is 2.28 bits per heavy atom. The minimum atomic E-state index is -4.39. The molecular weight excluding hydrogens is 400 g/mol. The zero-order valence-electron chi connectivity index (χ0n) is 15.0. The normalized spacial score (nSPS) is 12.3. The van der Waals surface area contributed by atoms with E-state index in [2.05, 4.69) is 5.16 Å². The highest BCUT2D eigenvalue weighted by atomic mass is 32.2. The summed E-state index contributed by atoms with van der Waals surface area (Å²) in [7, 11) is -4.39. The molecule has 0 aliphatic carbocycles. The first-order valence-electron chi connectivity index (χ1n) is 8.28. The standard InChI is InChI=1S/C19H16N2O7S/c1-11-15(16(20-28-11)13-5-3-2-4-6-13)12-7-9-14(10-8-12)29(26,27)21-18(23)17(22)19(24)25/h2-10,17,22H,1H3,(H,21,23)(H,24,25)/p-1. The van der Waals surface area contributed by atoms with Gasteiger partial charge in [-0.15, -0.1) is 0 Å². The van der Waals surface area contributed by atoms with Gasteiger partial charge < -0.3 is 19.5 Å². The Morgan fingerprint density at radius 1 is 1.07 bits per heavy atom. The molecule has 1 atom stereocenters. The smallest absolute Gasteiger partial charge is 0.268 e. The summed E-state index contributed by atoms with van der Waals surface area (Å²) in [6.07, 6.45) is -2.60. The van der Waals surface area contributed by atoms with Gasteiger partial charge in [-0.05, 0) is 24.6 Å². The van der Waals surface area contributed by atoms with E-state index in [0.29, 0.717) is 22.6 Å². The van der Waals surface area contributed by atoms with Crippen LogP contribution in [0.3, 0.4) is 0 Å². The van der Waals surface area contributed by atoms with Crippen molar-refractivity contribution >= 4 is 21.9 Å². The molecule has 1 heterocycles. The Kier molecular flexibility index (Phi) is 5.48. The Bertz CT molecular complexity index is 1150. The van der Waals surface area contributed by atoms with Crippen molar-refractivity contribution in [2.24, 2.45) is 0 Å². The fourth-order valence-electron chi connectivity index (χ4n) is 2.66. The molecule has 1 amide bonds. The van der Waals surface area contributed by atoms with E-state index in [1.54, 1.807) is 6.92 Å². The third kappa shape index (κ3) is 4.18. The number of carbonyl (C=O) groups excluding carboxylic acids is 2. The lowest BCUT2D eigenvalue weighted by Crippen LogP contribution is -2.48. The number of benzene rings is 2. The first kappa shape index (κ1) is 20.2. The predicted octanol–water partition coefficient (Wildman–Crippen LogP) is 0.233. The van der Waals surface area contributed by atoms with Crippen molar-refractivity contribution in [1.29, 1.82) is 0 Å². The zero-order chi connectivity index (χ0) is 21.2. The van der Waals surface area contributed by atoms with Crippen molar-refractivity contribution in [2.45, 2.75) is 17.9 Å². The molecule has 1 unspecified atom stereocenters. The molecule has 29 heavy (non-hydrogen) atoms. The quantitative estimate of drug-likeness (QED) is 0.543. The van der Waals surface area contributed by atoms with Crippen LogP contribution in [0.2, 0.25) is 0 Å². The van der Waals surface area contributed by atoms with Gasteiger partial charge in [-0.3, -0.25) is 4.79 Å². The number of amides is 1. The third-order valence-corrected chi connectivity index (χ3v) is 5.43. The van der Waals surface area contributed by atoms with E-state index >= 15 is 0 Å². The number of hydrogen-bond donors (Lipinski definition) is 2. The maximum absolute atomic E-state index is 12.2. The molecule has 0 bridgehead atoms. The molecule has 0 fully saturated rings. The number of sulfonamides is 1. The predicted molar refractivity (Wildman–Crippen MR) is 98.5 cm³/mol. The molecule has 0 aliphatic rings. The maximum atomic E-state index is 12.2. The molecule has 2 aromatic carbocycles. The van der Waals surface area contributed by atoms with Gasteiger partial charge in [-0.2, -0.15) is 0 Å². The summed E-state index contributed by atoms with van der Waals surface area (Å²) in [6.45, 7) is 1.72. The number of carboxylic acids is 1. The molecule has 0 aliphatic heterocycles. The van der Waals surface area contributed by atoms with Crippen molar-refractivity contribution in [3.05, 3.63) is 60.4 Å². The van der Waals surface area contributed by atoms with Gasteiger partial charge >= 0.3 is 0 Å². The molecule has 0 saturated heterocycles. The molecule has 2 N–H and O–H groups in total. The SMILES string of the molecule is Cc1onc(-c2ccccc2)c1-c1ccc(S(=O)(=O)NC(=O)C(O)C(=O)[O-])cc1. The molecule has 9 nitrogen and oxygen atoms in total. The molecule has 1 aromatic heterocycles. The topological polar surface area (TPSA) is 150 Å². The number of hydrogen-bond acceptors (Lipinski definition) is 8. The Morgan fingerprint density at radius 2 is 1.69 bits per heavy atom. The lowest BCUT2D eigenvalue weighted by molar-refractivity contribution is -0.312. The fourth-order valence-corrected chi connectivity index (χ4v) is 3.65. The van der Waals surface area contributed by atoms with Gasteiger partial charge in [0.2, 0.25) is 0 Å². The summed E-state index contributed by atoms with van der Waals surface area (Å²) in [5.41, 5.74) is 2.71. The van der Waals surface area contributed by atoms with Crippen molar-refractivity contribution in [2.75, 3.05) is 0 Å². The number of aliphatic hydroxyl groups excluding tert-OH is 1. The Balaban J connectivity index is 1.91. The van der Waals surface area contributed by atoms with Crippen LogP contribution in [0, 0.1) is 6.92 Å². The van der Waals surface area contributed by atoms with Crippen LogP contribution in [0.4, 0.5) is 0 Å². The van der Waals surface area contributed by atoms with Crippen molar-refractivity contribution in [3.63, 3.8) is 0 Å². The Hall–Kier alpha value is -3.50. The van der Waals surface area contributed by atoms with E-state index in [0.717, 1.165) is 5.56 Å². The van der Waals surface area contributed by atoms with Crippen molar-refractivity contribution in [3.8, 4) is 22.4 Å². The first-order chi connectivity index (χ1) is 13.7. The summed E-state index contributed by atoms with van der Waals surface area (Å²) in [4.78, 5) is 21.7. The summed E-state index contributed by atoms with van der Waals surface area (Å²) in [6, 6.07) is 14.7. The summed E-state index contributed by atoms with van der Waals surface area (Å²) >= 11 is 0. The molecule has 3 aromatic rings. The lowest BCUT2D eigenvalue weighted by atomic mass is 10.00. The number of aliphatic hydroxyl groups is 1. The molecule has 0 spiro atoms. The number of aliphatic carboxylic acids is 1. The maximum Gasteiger partial charge on any atom is 0.268 e. The molecule has 3 rings (SSSR count). The van der Waals surface area contributed by atoms with Gasteiger partial charge in [-0.1, -0.05) is 47.6 Å². The van der Waals surface area contributed by atoms with E-state index in [-0.39, 0.29) is 4.90 Å². The summed E-state index contributed by atoms with van der Waals surface area (Å²) < 4.78 is 31.2. The highest BCUT2D eigenvalue weighted by molar-refractivity contribution is 7.90. The third-order valence-electron chi connectivity index (χ3n) is 4.07. The van der Waals surface area contributed by atoms with Gasteiger partial charge in [0.1, 0.15) is 11.5 Å². The number of nitrogens with zero attached hydrogens (tertiary/aromatic N) is 1. The highest BCUT2D eigenvalue weighted by Gasteiger charge is 2.24. The molecule has 150 valence electrons. The van der Waals surface area contributed by atoms with Crippen LogP contribution in [-0.4, -0.2) is 36.7 Å². The minimum Gasteiger partial charge on any atom is -0.547 e. The van der Waals surface area contributed by atoms with Crippen LogP contribution in [-0.2, 0) is 19.6 Å². The van der Waals surface area contributed by atoms with Crippen LogP contribution >= 0.6 is 0 Å². The highest BCUT2D eigenvalue weighted by Crippen LogP contribution is 2.34. The van der Waals surface area contributed by atoms with Crippen molar-refractivity contribution < 1.29 is 32.7 Å². The van der Waals surface area contributed by atoms with E-state index in [1.165, 1.54) is 29.0 Å². The van der Waals surface area contributed by atoms with Crippen LogP contribution in [0.1, 0.15) is 5.76 Å². The lowest BCUT2D eigenvalue weighted by Gasteiger charge is -2.12. The fraction of sp³-hybridized carbons (Fsp3) is 0.105. The Labute approximate surface area is 165 Å². The average Bonchev–Trinajstić information content (AvgIpc) is 3.09. The number of aryl methyl sites for hydroxylation is 1. The van der Waals surface area contributed by atoms with Gasteiger partial charge in [0.15, 0.2) is 6.10 Å². The zero-order valence-corrected chi connectivity index (χ0v) is 15.8. The summed E-state index contributed by atoms with van der Waals surface area (Å²) in [5.74, 6) is -3.19. The monoisotopic (exact) mass is 415 g/mol. The minimum absolute atomic E-state index is 0.296. The largest absolute Gasteiger partial charge is 0.547 e. The second kappa shape index (κ2) is 7.86. The van der Waals surface area contributed by atoms with E-state index < -0.39 is 28.0 Å². The van der Waals surface area contributed by atoms with Gasteiger partial charge in [-0.25, -0.2) is 13.1 Å². The second-order valence-electron chi connectivity index (χ2n) is 6.04. The van der Waals surface area contributed by atoms with Crippen LogP contribution in [0.15, 0.2) is 64.0 Å². The van der Waals surface area contributed by atoms with Crippen LogP contribution in [0.5, 0.6) is 0 Å². The second-order valence-corrected chi connectivity index (χ2v) is 7.73. The van der Waals surface area contributed by atoms with E-state index in [1.807, 2.05) is 30.3 Å². The number of carbonyl (C=O) groups is 2.